The van der Waals surface area contributed by atoms with Gasteiger partial charge in [0.2, 0.25) is 0 Å². The Balaban J connectivity index is 1.99. The standard InChI is InChI=1S/C14H23N3O2S/c1-3-5-11-13(14(18)19)20-12(15-11)10-17-8-6-16(4-2)7-9-17/h3-10H2,1-2H3,(H,18,19). The van der Waals surface area contributed by atoms with E-state index in [9.17, 15) is 9.90 Å². The summed E-state index contributed by atoms with van der Waals surface area (Å²) < 4.78 is 0. The highest BCUT2D eigenvalue weighted by Crippen LogP contribution is 2.22. The van der Waals surface area contributed by atoms with E-state index in [0.717, 1.165) is 62.8 Å². The fourth-order valence-corrected chi connectivity index (χ4v) is 3.49. The van der Waals surface area contributed by atoms with Crippen molar-refractivity contribution in [1.29, 1.82) is 0 Å². The lowest BCUT2D eigenvalue weighted by molar-refractivity contribution is 0.0700. The number of hydrogen-bond acceptors (Lipinski definition) is 5. The predicted octanol–water partition coefficient (Wildman–Crippen LogP) is 1.93. The van der Waals surface area contributed by atoms with Crippen molar-refractivity contribution in [3.8, 4) is 0 Å². The number of aromatic nitrogens is 1. The predicted molar refractivity (Wildman–Crippen MR) is 80.5 cm³/mol. The average molecular weight is 297 g/mol. The molecule has 1 aliphatic rings. The van der Waals surface area contributed by atoms with Crippen molar-refractivity contribution >= 4 is 17.3 Å². The summed E-state index contributed by atoms with van der Waals surface area (Å²) >= 11 is 1.34. The number of piperazine rings is 1. The van der Waals surface area contributed by atoms with Crippen LogP contribution < -0.4 is 0 Å². The van der Waals surface area contributed by atoms with Crippen molar-refractivity contribution in [3.63, 3.8) is 0 Å². The Bertz CT molecular complexity index is 453. The van der Waals surface area contributed by atoms with Crippen LogP contribution in [0.4, 0.5) is 0 Å². The van der Waals surface area contributed by atoms with E-state index in [1.165, 1.54) is 11.3 Å². The summed E-state index contributed by atoms with van der Waals surface area (Å²) in [7, 11) is 0. The zero-order valence-corrected chi connectivity index (χ0v) is 13.1. The van der Waals surface area contributed by atoms with E-state index in [-0.39, 0.29) is 0 Å². The second-order valence-corrected chi connectivity index (χ2v) is 6.23. The van der Waals surface area contributed by atoms with Crippen LogP contribution in [-0.2, 0) is 13.0 Å². The van der Waals surface area contributed by atoms with Crippen molar-refractivity contribution in [1.82, 2.24) is 14.8 Å². The molecule has 0 unspecified atom stereocenters. The molecule has 0 radical (unpaired) electrons. The van der Waals surface area contributed by atoms with Gasteiger partial charge in [0.05, 0.1) is 12.2 Å². The van der Waals surface area contributed by atoms with Crippen molar-refractivity contribution in [2.24, 2.45) is 0 Å². The minimum absolute atomic E-state index is 0.425. The summed E-state index contributed by atoms with van der Waals surface area (Å²) in [6, 6.07) is 0. The van der Waals surface area contributed by atoms with Gasteiger partial charge in [-0.1, -0.05) is 20.3 Å². The van der Waals surface area contributed by atoms with Gasteiger partial charge in [-0.25, -0.2) is 9.78 Å². The maximum Gasteiger partial charge on any atom is 0.347 e. The molecule has 1 aliphatic heterocycles. The molecule has 1 fully saturated rings. The molecule has 0 aliphatic carbocycles. The van der Waals surface area contributed by atoms with Crippen LogP contribution in [0.3, 0.4) is 0 Å². The van der Waals surface area contributed by atoms with Gasteiger partial charge in [-0.15, -0.1) is 11.3 Å². The highest BCUT2D eigenvalue weighted by Gasteiger charge is 2.20. The van der Waals surface area contributed by atoms with E-state index in [4.69, 9.17) is 0 Å². The molecule has 0 aromatic carbocycles. The number of rotatable bonds is 6. The Kier molecular flexibility index (Phi) is 5.51. The van der Waals surface area contributed by atoms with Crippen LogP contribution >= 0.6 is 11.3 Å². The number of aromatic carboxylic acids is 1. The SMILES string of the molecule is CCCc1nc(CN2CCN(CC)CC2)sc1C(=O)O. The molecule has 5 nitrogen and oxygen atoms in total. The van der Waals surface area contributed by atoms with E-state index in [0.29, 0.717) is 4.88 Å². The monoisotopic (exact) mass is 297 g/mol. The highest BCUT2D eigenvalue weighted by atomic mass is 32.1. The van der Waals surface area contributed by atoms with Gasteiger partial charge in [-0.05, 0) is 13.0 Å². The van der Waals surface area contributed by atoms with Crippen LogP contribution in [0, 0.1) is 0 Å². The molecule has 2 rings (SSSR count). The lowest BCUT2D eigenvalue weighted by Crippen LogP contribution is -2.45. The van der Waals surface area contributed by atoms with Crippen LogP contribution in [-0.4, -0.2) is 58.6 Å². The average Bonchev–Trinajstić information content (AvgIpc) is 2.83. The maximum absolute atomic E-state index is 11.2. The topological polar surface area (TPSA) is 56.7 Å². The fraction of sp³-hybridized carbons (Fsp3) is 0.714. The molecule has 0 saturated carbocycles. The smallest absolute Gasteiger partial charge is 0.347 e. The Hall–Kier alpha value is -0.980. The second kappa shape index (κ2) is 7.15. The number of aryl methyl sites for hydroxylation is 1. The summed E-state index contributed by atoms with van der Waals surface area (Å²) in [5, 5.41) is 10.2. The highest BCUT2D eigenvalue weighted by molar-refractivity contribution is 7.13. The third-order valence-corrected chi connectivity index (χ3v) is 4.76. The first kappa shape index (κ1) is 15.4. The maximum atomic E-state index is 11.2. The molecule has 0 spiro atoms. The molecular weight excluding hydrogens is 274 g/mol. The van der Waals surface area contributed by atoms with Crippen LogP contribution in [0.25, 0.3) is 0 Å². The Morgan fingerprint density at radius 1 is 1.25 bits per heavy atom. The molecule has 0 bridgehead atoms. The third-order valence-electron chi connectivity index (χ3n) is 3.69. The normalized spacial score (nSPS) is 17.5. The molecule has 1 aromatic rings. The van der Waals surface area contributed by atoms with Crippen LogP contribution in [0.1, 0.15) is 40.6 Å². The zero-order valence-electron chi connectivity index (χ0n) is 12.3. The molecule has 1 saturated heterocycles. The Morgan fingerprint density at radius 3 is 2.45 bits per heavy atom. The number of carbonyl (C=O) groups is 1. The van der Waals surface area contributed by atoms with Gasteiger partial charge in [0.25, 0.3) is 0 Å². The lowest BCUT2D eigenvalue weighted by atomic mass is 10.2. The van der Waals surface area contributed by atoms with Gasteiger partial charge >= 0.3 is 5.97 Å². The molecule has 0 atom stereocenters. The van der Waals surface area contributed by atoms with Gasteiger partial charge in [0.1, 0.15) is 9.88 Å². The second-order valence-electron chi connectivity index (χ2n) is 5.15. The van der Waals surface area contributed by atoms with E-state index >= 15 is 0 Å². The lowest BCUT2D eigenvalue weighted by Gasteiger charge is -2.33. The molecule has 6 heteroatoms. The summed E-state index contributed by atoms with van der Waals surface area (Å²) in [5.41, 5.74) is 0.757. The first-order chi connectivity index (χ1) is 9.63. The molecule has 1 N–H and O–H groups in total. The number of carboxylic acids is 1. The zero-order chi connectivity index (χ0) is 14.5. The number of hydrogen-bond donors (Lipinski definition) is 1. The van der Waals surface area contributed by atoms with Gasteiger partial charge < -0.3 is 10.0 Å². The van der Waals surface area contributed by atoms with Gasteiger partial charge in [-0.2, -0.15) is 0 Å². The summed E-state index contributed by atoms with van der Waals surface area (Å²) in [4.78, 5) is 21.0. The first-order valence-corrected chi connectivity index (χ1v) is 8.12. The van der Waals surface area contributed by atoms with Crippen molar-refractivity contribution in [2.45, 2.75) is 33.2 Å². The molecular formula is C14H23N3O2S. The minimum Gasteiger partial charge on any atom is -0.477 e. The molecule has 0 amide bonds. The van der Waals surface area contributed by atoms with Gasteiger partial charge in [-0.3, -0.25) is 4.90 Å². The summed E-state index contributed by atoms with van der Waals surface area (Å²) in [6.45, 7) is 10.4. The van der Waals surface area contributed by atoms with Gasteiger partial charge in [0, 0.05) is 26.2 Å². The van der Waals surface area contributed by atoms with E-state index in [1.807, 2.05) is 0 Å². The molecule has 2 heterocycles. The minimum atomic E-state index is -0.840. The Morgan fingerprint density at radius 2 is 1.90 bits per heavy atom. The summed E-state index contributed by atoms with van der Waals surface area (Å²) in [6.07, 6.45) is 1.68. The summed E-state index contributed by atoms with van der Waals surface area (Å²) in [5.74, 6) is -0.840. The first-order valence-electron chi connectivity index (χ1n) is 7.30. The fourth-order valence-electron chi connectivity index (χ4n) is 2.50. The van der Waals surface area contributed by atoms with E-state index < -0.39 is 5.97 Å². The van der Waals surface area contributed by atoms with Crippen LogP contribution in [0.2, 0.25) is 0 Å². The number of carboxylic acid groups (broad SMARTS) is 1. The molecule has 1 aromatic heterocycles. The van der Waals surface area contributed by atoms with Gasteiger partial charge in [0.15, 0.2) is 0 Å². The number of likely N-dealkylation sites (N-methyl/N-ethyl adjacent to an activating group) is 1. The van der Waals surface area contributed by atoms with E-state index in [1.54, 1.807) is 0 Å². The van der Waals surface area contributed by atoms with Crippen molar-refractivity contribution in [3.05, 3.63) is 15.6 Å². The third kappa shape index (κ3) is 3.77. The molecule has 20 heavy (non-hydrogen) atoms. The van der Waals surface area contributed by atoms with Crippen molar-refractivity contribution in [2.75, 3.05) is 32.7 Å². The molecule has 112 valence electrons. The van der Waals surface area contributed by atoms with Crippen molar-refractivity contribution < 1.29 is 9.90 Å². The quantitative estimate of drug-likeness (QED) is 0.869. The number of nitrogens with zero attached hydrogens (tertiary/aromatic N) is 3. The van der Waals surface area contributed by atoms with Crippen LogP contribution in [0.5, 0.6) is 0 Å². The Labute approximate surface area is 124 Å². The number of thiazole rings is 1. The van der Waals surface area contributed by atoms with E-state index in [2.05, 4.69) is 28.6 Å². The van der Waals surface area contributed by atoms with Crippen LogP contribution in [0.15, 0.2) is 0 Å². The largest absolute Gasteiger partial charge is 0.477 e.